The van der Waals surface area contributed by atoms with E-state index in [1.807, 2.05) is 7.18 Å². The van der Waals surface area contributed by atoms with Gasteiger partial charge in [0.25, 0.3) is 0 Å². The van der Waals surface area contributed by atoms with E-state index in [-0.39, 0.29) is 0 Å². The van der Waals surface area contributed by atoms with Gasteiger partial charge in [0.2, 0.25) is 0 Å². The summed E-state index contributed by atoms with van der Waals surface area (Å²) in [6.45, 7) is 4.92. The summed E-state index contributed by atoms with van der Waals surface area (Å²) in [6, 6.07) is 0. The van der Waals surface area contributed by atoms with Gasteiger partial charge < -0.3 is 0 Å². The molecular weight excluding hydrogens is 370 g/mol. The van der Waals surface area contributed by atoms with E-state index in [2.05, 4.69) is 43.5 Å². The summed E-state index contributed by atoms with van der Waals surface area (Å²) < 4.78 is 3.95. The second-order valence-corrected chi connectivity index (χ2v) is 35.4. The molecule has 0 aliphatic heterocycles. The van der Waals surface area contributed by atoms with Crippen molar-refractivity contribution in [3.8, 4) is 0 Å². The molecule has 76 valence electrons. The van der Waals surface area contributed by atoms with Crippen LogP contribution in [0, 0.1) is 5.41 Å². The van der Waals surface area contributed by atoms with E-state index in [4.69, 9.17) is 0 Å². The Morgan fingerprint density at radius 1 is 0.692 bits per heavy atom. The summed E-state index contributed by atoms with van der Waals surface area (Å²) in [5.41, 5.74) is 0.572. The van der Waals surface area contributed by atoms with Gasteiger partial charge in [0, 0.05) is 0 Å². The van der Waals surface area contributed by atoms with Crippen LogP contribution in [0.2, 0.25) is 29.6 Å². The Labute approximate surface area is 91.9 Å². The average molecular weight is 394 g/mol. The zero-order valence-electron chi connectivity index (χ0n) is 10.5. The Bertz CT molecular complexity index is 233. The van der Waals surface area contributed by atoms with Crippen molar-refractivity contribution in [1.29, 1.82) is 0 Å². The minimum atomic E-state index is -1.72. The van der Waals surface area contributed by atoms with Crippen molar-refractivity contribution in [2.75, 3.05) is 0 Å². The standard InChI is InChI=1S/C5H6.6CH3.2Sn/c1-5(2)3-4-5;;;;;;;;/h1-2H3;6*1H3;;. The van der Waals surface area contributed by atoms with Crippen molar-refractivity contribution in [3.63, 3.8) is 0 Å². The molecule has 0 spiro atoms. The van der Waals surface area contributed by atoms with E-state index in [1.54, 1.807) is 0 Å². The van der Waals surface area contributed by atoms with E-state index < -0.39 is 36.8 Å². The van der Waals surface area contributed by atoms with E-state index in [0.717, 1.165) is 0 Å². The van der Waals surface area contributed by atoms with E-state index >= 15 is 0 Å². The normalized spacial score (nSPS) is 22.2. The molecule has 0 atom stereocenters. The monoisotopic (exact) mass is 396 g/mol. The summed E-state index contributed by atoms with van der Waals surface area (Å²) >= 11 is -3.44. The van der Waals surface area contributed by atoms with Crippen LogP contribution in [-0.2, 0) is 0 Å². The van der Waals surface area contributed by atoms with Gasteiger partial charge >= 0.3 is 92.8 Å². The molecule has 0 aromatic heterocycles. The first kappa shape index (κ1) is 12.4. The molecule has 0 bridgehead atoms. The van der Waals surface area contributed by atoms with Crippen LogP contribution in [0.5, 0.6) is 0 Å². The summed E-state index contributed by atoms with van der Waals surface area (Å²) in [4.78, 5) is 15.4. The Kier molecular flexibility index (Phi) is 3.02. The molecule has 0 aromatic carbocycles. The molecule has 0 unspecified atom stereocenters. The molecule has 0 nitrogen and oxygen atoms in total. The number of hydrogen-bond acceptors (Lipinski definition) is 0. The van der Waals surface area contributed by atoms with Crippen LogP contribution in [0.4, 0.5) is 0 Å². The summed E-state index contributed by atoms with van der Waals surface area (Å²) in [5, 5.41) is 0. The maximum atomic E-state index is 2.57. The average Bonchev–Trinajstić information content (AvgIpc) is 2.29. The van der Waals surface area contributed by atoms with Crippen LogP contribution in [0.3, 0.4) is 0 Å². The van der Waals surface area contributed by atoms with E-state index in [9.17, 15) is 0 Å². The molecule has 0 fully saturated rings. The Hall–Kier alpha value is 1.34. The zero-order chi connectivity index (χ0) is 10.7. The van der Waals surface area contributed by atoms with Crippen LogP contribution in [0.1, 0.15) is 13.8 Å². The first-order chi connectivity index (χ1) is 5.49. The van der Waals surface area contributed by atoms with Crippen molar-refractivity contribution >= 4 is 36.8 Å². The fraction of sp³-hybridized carbons (Fsp3) is 0.818. The predicted octanol–water partition coefficient (Wildman–Crippen LogP) is 4.08. The van der Waals surface area contributed by atoms with Gasteiger partial charge in [-0.15, -0.1) is 0 Å². The van der Waals surface area contributed by atoms with Gasteiger partial charge in [-0.25, -0.2) is 0 Å². The molecule has 1 rings (SSSR count). The van der Waals surface area contributed by atoms with Crippen LogP contribution >= 0.6 is 0 Å². The van der Waals surface area contributed by atoms with Gasteiger partial charge in [0.05, 0.1) is 0 Å². The number of allylic oxidation sites excluding steroid dienone is 2. The first-order valence-electron chi connectivity index (χ1n) is 5.25. The van der Waals surface area contributed by atoms with Crippen molar-refractivity contribution in [1.82, 2.24) is 0 Å². The Morgan fingerprint density at radius 2 is 0.923 bits per heavy atom. The molecule has 0 radical (unpaired) electrons. The topological polar surface area (TPSA) is 0 Å². The van der Waals surface area contributed by atoms with Gasteiger partial charge in [0.15, 0.2) is 0 Å². The predicted molar refractivity (Wildman–Crippen MR) is 67.5 cm³/mol. The van der Waals surface area contributed by atoms with Crippen LogP contribution in [0.25, 0.3) is 0 Å². The third-order valence-corrected chi connectivity index (χ3v) is 18.5. The van der Waals surface area contributed by atoms with E-state index in [0.29, 0.717) is 5.41 Å². The van der Waals surface area contributed by atoms with Gasteiger partial charge in [-0.3, -0.25) is 0 Å². The summed E-state index contributed by atoms with van der Waals surface area (Å²) in [5.74, 6) is 0. The van der Waals surface area contributed by atoms with Crippen molar-refractivity contribution in [2.45, 2.75) is 43.5 Å². The molecule has 0 amide bonds. The Balaban J connectivity index is 3.05. The van der Waals surface area contributed by atoms with Crippen LogP contribution in [0.15, 0.2) is 7.18 Å². The SMILES string of the molecule is CC1(C)[C]([Sn]([CH3])([CH3])[CH3])=[C]1[Sn]([CH3])([CH3])[CH3]. The number of hydrogen-bond donors (Lipinski definition) is 0. The van der Waals surface area contributed by atoms with Gasteiger partial charge in [-0.05, 0) is 0 Å². The van der Waals surface area contributed by atoms with Crippen LogP contribution in [-0.4, -0.2) is 36.8 Å². The third-order valence-electron chi connectivity index (χ3n) is 2.94. The van der Waals surface area contributed by atoms with Crippen molar-refractivity contribution in [3.05, 3.63) is 7.18 Å². The first-order valence-corrected chi connectivity index (χ1v) is 25.2. The molecule has 0 saturated heterocycles. The molecule has 1 aliphatic rings. The molecule has 0 saturated carbocycles. The quantitative estimate of drug-likeness (QED) is 0.620. The van der Waals surface area contributed by atoms with Gasteiger partial charge in [-0.2, -0.15) is 0 Å². The molecular formula is C11H24Sn2. The maximum absolute atomic E-state index is 2.57. The van der Waals surface area contributed by atoms with Gasteiger partial charge in [-0.1, -0.05) is 0 Å². The fourth-order valence-corrected chi connectivity index (χ4v) is 35.6. The van der Waals surface area contributed by atoms with E-state index in [1.165, 1.54) is 0 Å². The second-order valence-electron chi connectivity index (χ2n) is 6.88. The zero-order valence-corrected chi connectivity index (χ0v) is 16.2. The molecule has 13 heavy (non-hydrogen) atoms. The number of rotatable bonds is 2. The second kappa shape index (κ2) is 3.16. The fourth-order valence-electron chi connectivity index (χ4n) is 3.09. The molecule has 1 aliphatic carbocycles. The Morgan fingerprint density at radius 3 is 1.00 bits per heavy atom. The summed E-state index contributed by atoms with van der Waals surface area (Å²) in [6.07, 6.45) is 0. The third kappa shape index (κ3) is 2.29. The molecule has 0 N–H and O–H groups in total. The summed E-state index contributed by atoms with van der Waals surface area (Å²) in [7, 11) is 0. The van der Waals surface area contributed by atoms with Crippen molar-refractivity contribution < 1.29 is 0 Å². The minimum absolute atomic E-state index is 0.572. The van der Waals surface area contributed by atoms with Crippen LogP contribution < -0.4 is 0 Å². The van der Waals surface area contributed by atoms with Gasteiger partial charge in [0.1, 0.15) is 0 Å². The molecule has 0 aromatic rings. The molecule has 0 heterocycles. The van der Waals surface area contributed by atoms with Crippen molar-refractivity contribution in [2.24, 2.45) is 5.41 Å². The molecule has 2 heteroatoms.